The average molecular weight is 359 g/mol. The van der Waals surface area contributed by atoms with Gasteiger partial charge in [-0.15, -0.1) is 0 Å². The van der Waals surface area contributed by atoms with Crippen molar-refractivity contribution in [1.29, 1.82) is 10.0 Å². The third kappa shape index (κ3) is 3.41. The zero-order chi connectivity index (χ0) is 18.1. The maximum Gasteiger partial charge on any atom is 0.483 e. The average Bonchev–Trinajstić information content (AvgIpc) is 2.45. The van der Waals surface area contributed by atoms with Gasteiger partial charge in [0.15, 0.2) is 9.73 Å². The molecule has 3 N–H and O–H groups in total. The van der Waals surface area contributed by atoms with Gasteiger partial charge < -0.3 is 10.5 Å². The normalized spacial score (nSPS) is 13.8. The molecule has 5 nitrogen and oxygen atoms in total. The molecule has 1 atom stereocenters. The SMILES string of the molecule is N#Cc1cc(S(=N)(=O)C(F)(F)F)ccc1Oc1cc(N)cc(F)c1. The second-order valence-electron chi connectivity index (χ2n) is 4.59. The predicted octanol–water partition coefficient (Wildman–Crippen LogP) is 4.00. The lowest BCUT2D eigenvalue weighted by Gasteiger charge is -2.13. The predicted molar refractivity (Wildman–Crippen MR) is 77.2 cm³/mol. The molecule has 10 heteroatoms. The summed E-state index contributed by atoms with van der Waals surface area (Å²) in [6.07, 6.45) is 0. The lowest BCUT2D eigenvalue weighted by Crippen LogP contribution is -2.22. The Balaban J connectivity index is 2.46. The van der Waals surface area contributed by atoms with Gasteiger partial charge in [-0.05, 0) is 24.3 Å². The molecule has 0 aliphatic rings. The first kappa shape index (κ1) is 17.6. The molecule has 0 bridgehead atoms. The number of rotatable bonds is 3. The van der Waals surface area contributed by atoms with Crippen molar-refractivity contribution in [3.8, 4) is 17.6 Å². The number of nitrogens with one attached hydrogen (secondary N) is 1. The number of halogens is 4. The Hall–Kier alpha value is -2.80. The van der Waals surface area contributed by atoms with Crippen LogP contribution in [0.3, 0.4) is 0 Å². The van der Waals surface area contributed by atoms with Crippen LogP contribution in [-0.4, -0.2) is 9.72 Å². The summed E-state index contributed by atoms with van der Waals surface area (Å²) in [5, 5.41) is 9.03. The Labute approximate surface area is 134 Å². The molecular weight excluding hydrogens is 350 g/mol. The summed E-state index contributed by atoms with van der Waals surface area (Å²) in [6, 6.07) is 7.20. The quantitative estimate of drug-likeness (QED) is 0.639. The Morgan fingerprint density at radius 1 is 1.21 bits per heavy atom. The van der Waals surface area contributed by atoms with Crippen LogP contribution in [0.2, 0.25) is 0 Å². The zero-order valence-electron chi connectivity index (χ0n) is 11.7. The van der Waals surface area contributed by atoms with E-state index in [9.17, 15) is 21.8 Å². The van der Waals surface area contributed by atoms with Crippen molar-refractivity contribution in [3.63, 3.8) is 0 Å². The molecule has 126 valence electrons. The van der Waals surface area contributed by atoms with Gasteiger partial charge in [-0.2, -0.15) is 18.4 Å². The summed E-state index contributed by atoms with van der Waals surface area (Å²) in [7, 11) is -5.10. The molecular formula is C14H9F4N3O2S. The highest BCUT2D eigenvalue weighted by Crippen LogP contribution is 2.34. The number of hydrogen-bond donors (Lipinski definition) is 2. The first-order chi connectivity index (χ1) is 11.0. The van der Waals surface area contributed by atoms with Gasteiger partial charge in [0.05, 0.1) is 10.5 Å². The number of alkyl halides is 3. The molecule has 0 spiro atoms. The Bertz CT molecular complexity index is 914. The van der Waals surface area contributed by atoms with Gasteiger partial charge in [0.25, 0.3) is 0 Å². The van der Waals surface area contributed by atoms with E-state index in [0.29, 0.717) is 6.07 Å². The number of hydrogen-bond acceptors (Lipinski definition) is 5. The Morgan fingerprint density at radius 2 is 1.88 bits per heavy atom. The van der Waals surface area contributed by atoms with E-state index in [4.69, 9.17) is 20.5 Å². The minimum absolute atomic E-state index is 0.0476. The molecule has 0 fully saturated rings. The second kappa shape index (κ2) is 6.01. The number of nitrogens with two attached hydrogens (primary N) is 1. The van der Waals surface area contributed by atoms with E-state index >= 15 is 0 Å². The molecule has 2 aromatic carbocycles. The molecule has 0 amide bonds. The van der Waals surface area contributed by atoms with E-state index in [1.807, 2.05) is 0 Å². The number of nitriles is 1. The van der Waals surface area contributed by atoms with Crippen LogP contribution in [0.4, 0.5) is 23.2 Å². The molecule has 0 heterocycles. The lowest BCUT2D eigenvalue weighted by molar-refractivity contribution is -0.0406. The molecule has 0 aromatic heterocycles. The van der Waals surface area contributed by atoms with Crippen LogP contribution in [0.1, 0.15) is 5.56 Å². The van der Waals surface area contributed by atoms with E-state index in [0.717, 1.165) is 24.3 Å². The smallest absolute Gasteiger partial charge is 0.456 e. The van der Waals surface area contributed by atoms with Crippen molar-refractivity contribution < 1.29 is 26.5 Å². The van der Waals surface area contributed by atoms with Crippen molar-refractivity contribution >= 4 is 15.4 Å². The van der Waals surface area contributed by atoms with Crippen molar-refractivity contribution in [2.75, 3.05) is 5.73 Å². The van der Waals surface area contributed by atoms with E-state index < -0.39 is 26.0 Å². The van der Waals surface area contributed by atoms with Crippen LogP contribution in [0.5, 0.6) is 11.5 Å². The van der Waals surface area contributed by atoms with E-state index in [1.165, 1.54) is 6.07 Å². The molecule has 0 radical (unpaired) electrons. The first-order valence-electron chi connectivity index (χ1n) is 6.18. The maximum atomic E-state index is 13.3. The Kier molecular flexibility index (Phi) is 4.40. The standard InChI is InChI=1S/C14H9F4N3O2S/c15-9-4-10(20)6-11(5-9)23-13-2-1-12(3-8(13)7-19)24(21,22)14(16,17)18/h1-6,21H,20H2. The summed E-state index contributed by atoms with van der Waals surface area (Å²) >= 11 is 0. The topological polar surface area (TPSA) is 100.0 Å². The molecule has 24 heavy (non-hydrogen) atoms. The molecule has 2 aromatic rings. The van der Waals surface area contributed by atoms with Crippen LogP contribution >= 0.6 is 0 Å². The van der Waals surface area contributed by atoms with Gasteiger partial charge in [-0.25, -0.2) is 13.4 Å². The zero-order valence-corrected chi connectivity index (χ0v) is 12.5. The third-order valence-electron chi connectivity index (χ3n) is 2.85. The summed E-state index contributed by atoms with van der Waals surface area (Å²) in [5.74, 6) is -0.964. The molecule has 1 unspecified atom stereocenters. The maximum absolute atomic E-state index is 13.3. The van der Waals surface area contributed by atoms with Crippen LogP contribution in [0, 0.1) is 21.9 Å². The van der Waals surface area contributed by atoms with E-state index in [2.05, 4.69) is 0 Å². The summed E-state index contributed by atoms with van der Waals surface area (Å²) < 4.78 is 75.1. The third-order valence-corrected chi connectivity index (χ3v) is 4.42. The van der Waals surface area contributed by atoms with Crippen molar-refractivity contribution in [2.24, 2.45) is 0 Å². The highest BCUT2D eigenvalue weighted by molar-refractivity contribution is 7.93. The Morgan fingerprint density at radius 3 is 2.42 bits per heavy atom. The number of nitrogens with zero attached hydrogens (tertiary/aromatic N) is 1. The fourth-order valence-electron chi connectivity index (χ4n) is 1.77. The molecule has 0 aliphatic heterocycles. The van der Waals surface area contributed by atoms with E-state index in [1.54, 1.807) is 6.07 Å². The van der Waals surface area contributed by atoms with Crippen LogP contribution in [-0.2, 0) is 9.73 Å². The van der Waals surface area contributed by atoms with Gasteiger partial charge in [0, 0.05) is 17.8 Å². The van der Waals surface area contributed by atoms with Crippen LogP contribution < -0.4 is 10.5 Å². The highest BCUT2D eigenvalue weighted by atomic mass is 32.2. The minimum atomic E-state index is -5.28. The fourth-order valence-corrected chi connectivity index (χ4v) is 2.58. The fraction of sp³-hybridized carbons (Fsp3) is 0.0714. The summed E-state index contributed by atoms with van der Waals surface area (Å²) in [4.78, 5) is -0.877. The van der Waals surface area contributed by atoms with Gasteiger partial charge >= 0.3 is 5.51 Å². The molecule has 0 aliphatic carbocycles. The van der Waals surface area contributed by atoms with Crippen molar-refractivity contribution in [3.05, 3.63) is 47.8 Å². The van der Waals surface area contributed by atoms with Crippen LogP contribution in [0.15, 0.2) is 41.3 Å². The number of nitrogen functional groups attached to an aromatic ring is 1. The summed E-state index contributed by atoms with van der Waals surface area (Å²) in [5.41, 5.74) is -0.180. The lowest BCUT2D eigenvalue weighted by atomic mass is 10.2. The van der Waals surface area contributed by atoms with E-state index in [-0.39, 0.29) is 22.7 Å². The van der Waals surface area contributed by atoms with Gasteiger partial charge in [0.1, 0.15) is 23.4 Å². The molecule has 0 saturated heterocycles. The van der Waals surface area contributed by atoms with Gasteiger partial charge in [-0.3, -0.25) is 0 Å². The van der Waals surface area contributed by atoms with Crippen molar-refractivity contribution in [2.45, 2.75) is 10.4 Å². The largest absolute Gasteiger partial charge is 0.483 e. The van der Waals surface area contributed by atoms with Crippen LogP contribution in [0.25, 0.3) is 0 Å². The summed E-state index contributed by atoms with van der Waals surface area (Å²) in [6.45, 7) is 0. The van der Waals surface area contributed by atoms with Crippen molar-refractivity contribution in [1.82, 2.24) is 0 Å². The minimum Gasteiger partial charge on any atom is -0.456 e. The second-order valence-corrected chi connectivity index (χ2v) is 6.64. The number of anilines is 1. The molecule has 2 rings (SSSR count). The first-order valence-corrected chi connectivity index (χ1v) is 7.73. The monoisotopic (exact) mass is 359 g/mol. The highest BCUT2D eigenvalue weighted by Gasteiger charge is 2.43. The van der Waals surface area contributed by atoms with Gasteiger partial charge in [-0.1, -0.05) is 0 Å². The number of ether oxygens (including phenoxy) is 1. The molecule has 0 saturated carbocycles. The number of benzene rings is 2. The van der Waals surface area contributed by atoms with Gasteiger partial charge in [0.2, 0.25) is 0 Å².